The number of pyridine rings is 1. The number of rotatable bonds is 3. The monoisotopic (exact) mass is 323 g/mol. The van der Waals surface area contributed by atoms with Gasteiger partial charge in [-0.2, -0.15) is 0 Å². The lowest BCUT2D eigenvalue weighted by atomic mass is 10.3. The van der Waals surface area contributed by atoms with Crippen molar-refractivity contribution in [2.45, 2.75) is 6.42 Å². The largest absolute Gasteiger partial charge is 0.395 e. The molecule has 0 aliphatic rings. The molecule has 3 N–H and O–H groups in total. The highest BCUT2D eigenvalue weighted by Crippen LogP contribution is 2.22. The lowest BCUT2D eigenvalue weighted by molar-refractivity contribution is 0.102. The van der Waals surface area contributed by atoms with E-state index < -0.39 is 5.91 Å². The average molecular weight is 324 g/mol. The number of hydrogen-bond donors (Lipinski definition) is 3. The van der Waals surface area contributed by atoms with E-state index in [4.69, 9.17) is 28.3 Å². The number of carbonyl (C=O) groups is 1. The summed E-state index contributed by atoms with van der Waals surface area (Å²) in [6.07, 6.45) is 0.373. The smallest absolute Gasteiger partial charge is 0.273 e. The van der Waals surface area contributed by atoms with Crippen molar-refractivity contribution < 1.29 is 9.90 Å². The van der Waals surface area contributed by atoms with Crippen LogP contribution in [0.5, 0.6) is 0 Å². The predicted octanol–water partition coefficient (Wildman–Crippen LogP) is 2.70. The van der Waals surface area contributed by atoms with Crippen LogP contribution in [-0.4, -0.2) is 27.6 Å². The quantitative estimate of drug-likeness (QED) is 0.760. The summed E-state index contributed by atoms with van der Waals surface area (Å²) in [5.41, 5.74) is 0.743. The van der Waals surface area contributed by atoms with Gasteiger partial charge in [-0.15, -0.1) is 0 Å². The van der Waals surface area contributed by atoms with Gasteiger partial charge >= 0.3 is 0 Å². The minimum Gasteiger partial charge on any atom is -0.395 e. The molecule has 2 aromatic rings. The molecule has 108 valence electrons. The highest BCUT2D eigenvalue weighted by atomic mass is 35.5. The predicted molar refractivity (Wildman–Crippen MR) is 81.6 cm³/mol. The molecule has 7 heteroatoms. The van der Waals surface area contributed by atoms with E-state index in [2.05, 4.69) is 27.1 Å². The molecule has 0 aromatic carbocycles. The number of aliphatic hydroxyl groups is 1. The Balaban J connectivity index is 2.11. The normalized spacial score (nSPS) is 9.86. The molecule has 0 unspecified atom stereocenters. The Kier molecular flexibility index (Phi) is 5.23. The first-order chi connectivity index (χ1) is 10.1. The Morgan fingerprint density at radius 3 is 2.90 bits per heavy atom. The van der Waals surface area contributed by atoms with E-state index in [-0.39, 0.29) is 22.5 Å². The maximum Gasteiger partial charge on any atom is 0.273 e. The van der Waals surface area contributed by atoms with Gasteiger partial charge in [0.2, 0.25) is 0 Å². The molecule has 2 aromatic heterocycles. The summed E-state index contributed by atoms with van der Waals surface area (Å²) in [5, 5.41) is 11.8. The van der Waals surface area contributed by atoms with Gasteiger partial charge in [0, 0.05) is 6.42 Å². The fraction of sp³-hybridized carbons (Fsp3) is 0.143. The fourth-order valence-electron chi connectivity index (χ4n) is 1.49. The van der Waals surface area contributed by atoms with Gasteiger partial charge in [-0.05, 0) is 24.1 Å². The van der Waals surface area contributed by atoms with Crippen molar-refractivity contribution >= 4 is 34.9 Å². The first-order valence-corrected chi connectivity index (χ1v) is 6.78. The average Bonchev–Trinajstić information content (AvgIpc) is 2.80. The topological polar surface area (TPSA) is 78.0 Å². The van der Waals surface area contributed by atoms with Gasteiger partial charge in [-0.25, -0.2) is 4.98 Å². The number of anilines is 1. The minimum absolute atomic E-state index is 0.00221. The molecular weight excluding hydrogens is 313 g/mol. The van der Waals surface area contributed by atoms with Gasteiger partial charge in [0.15, 0.2) is 0 Å². The van der Waals surface area contributed by atoms with Gasteiger partial charge in [-0.3, -0.25) is 4.79 Å². The molecule has 0 spiro atoms. The molecule has 2 heterocycles. The third-order valence-corrected chi connectivity index (χ3v) is 3.11. The zero-order chi connectivity index (χ0) is 15.2. The van der Waals surface area contributed by atoms with Crippen LogP contribution in [0.1, 0.15) is 22.6 Å². The highest BCUT2D eigenvalue weighted by molar-refractivity contribution is 6.41. The van der Waals surface area contributed by atoms with Gasteiger partial charge in [0.25, 0.3) is 5.91 Å². The molecule has 0 atom stereocenters. The Morgan fingerprint density at radius 1 is 1.43 bits per heavy atom. The van der Waals surface area contributed by atoms with Crippen molar-refractivity contribution in [3.8, 4) is 11.8 Å². The number of aromatic amines is 1. The maximum atomic E-state index is 12.0. The Morgan fingerprint density at radius 2 is 2.24 bits per heavy atom. The second-order valence-corrected chi connectivity index (χ2v) is 4.77. The van der Waals surface area contributed by atoms with Crippen LogP contribution >= 0.6 is 23.2 Å². The van der Waals surface area contributed by atoms with Crippen LogP contribution < -0.4 is 5.32 Å². The number of carbonyl (C=O) groups excluding carboxylic acids is 1. The summed E-state index contributed by atoms with van der Waals surface area (Å²) in [6.45, 7) is -0.00221. The van der Waals surface area contributed by atoms with Crippen LogP contribution in [0.2, 0.25) is 10.2 Å². The summed E-state index contributed by atoms with van der Waals surface area (Å²) in [7, 11) is 0. The van der Waals surface area contributed by atoms with E-state index in [0.29, 0.717) is 17.9 Å². The van der Waals surface area contributed by atoms with Crippen molar-refractivity contribution in [3.63, 3.8) is 0 Å². The lowest BCUT2D eigenvalue weighted by Crippen LogP contribution is -2.13. The second kappa shape index (κ2) is 7.14. The van der Waals surface area contributed by atoms with Crippen LogP contribution in [0.3, 0.4) is 0 Å². The van der Waals surface area contributed by atoms with E-state index >= 15 is 0 Å². The van der Waals surface area contributed by atoms with E-state index in [1.807, 2.05) is 0 Å². The summed E-state index contributed by atoms with van der Waals surface area (Å²) >= 11 is 11.5. The Labute approximate surface area is 131 Å². The number of hydrogen-bond acceptors (Lipinski definition) is 3. The zero-order valence-electron chi connectivity index (χ0n) is 10.8. The highest BCUT2D eigenvalue weighted by Gasteiger charge is 2.12. The number of halogens is 2. The Hall–Kier alpha value is -2.00. The van der Waals surface area contributed by atoms with Crippen molar-refractivity contribution in [1.29, 1.82) is 0 Å². The van der Waals surface area contributed by atoms with Gasteiger partial charge < -0.3 is 15.4 Å². The minimum atomic E-state index is -0.406. The first-order valence-electron chi connectivity index (χ1n) is 6.02. The van der Waals surface area contributed by atoms with Gasteiger partial charge in [-0.1, -0.05) is 35.2 Å². The molecule has 1 amide bonds. The summed E-state index contributed by atoms with van der Waals surface area (Å²) in [5.74, 6) is 5.50. The van der Waals surface area contributed by atoms with Crippen LogP contribution in [-0.2, 0) is 0 Å². The molecular formula is C14H11Cl2N3O2. The van der Waals surface area contributed by atoms with E-state index in [1.54, 1.807) is 18.2 Å². The van der Waals surface area contributed by atoms with Crippen molar-refractivity contribution in [3.05, 3.63) is 45.8 Å². The summed E-state index contributed by atoms with van der Waals surface area (Å²) in [6, 6.07) is 6.51. The lowest BCUT2D eigenvalue weighted by Gasteiger charge is -2.02. The molecule has 0 saturated heterocycles. The number of amides is 1. The molecule has 5 nitrogen and oxygen atoms in total. The molecule has 0 saturated carbocycles. The maximum absolute atomic E-state index is 12.0. The molecule has 21 heavy (non-hydrogen) atoms. The Bertz CT molecular complexity index is 697. The second-order valence-electron chi connectivity index (χ2n) is 3.98. The van der Waals surface area contributed by atoms with Gasteiger partial charge in [0.05, 0.1) is 11.6 Å². The van der Waals surface area contributed by atoms with Crippen LogP contribution in [0.15, 0.2) is 24.3 Å². The molecule has 0 aliphatic carbocycles. The van der Waals surface area contributed by atoms with Gasteiger partial charge in [0.1, 0.15) is 22.4 Å². The van der Waals surface area contributed by atoms with E-state index in [9.17, 15) is 4.79 Å². The molecule has 0 fully saturated rings. The van der Waals surface area contributed by atoms with Crippen LogP contribution in [0.25, 0.3) is 0 Å². The zero-order valence-corrected chi connectivity index (χ0v) is 12.3. The van der Waals surface area contributed by atoms with Crippen LogP contribution in [0, 0.1) is 11.8 Å². The first kappa shape index (κ1) is 15.4. The number of aromatic nitrogens is 2. The van der Waals surface area contributed by atoms with Crippen molar-refractivity contribution in [2.75, 3.05) is 11.9 Å². The summed E-state index contributed by atoms with van der Waals surface area (Å²) in [4.78, 5) is 18.8. The van der Waals surface area contributed by atoms with Crippen molar-refractivity contribution in [1.82, 2.24) is 9.97 Å². The molecule has 0 bridgehead atoms. The number of nitrogens with one attached hydrogen (secondary N) is 2. The molecule has 0 aliphatic heterocycles. The number of H-pyrrole nitrogens is 1. The molecule has 0 radical (unpaired) electrons. The number of aliphatic hydroxyl groups excluding tert-OH is 1. The van der Waals surface area contributed by atoms with Crippen molar-refractivity contribution in [2.24, 2.45) is 0 Å². The third-order valence-electron chi connectivity index (χ3n) is 2.41. The molecule has 2 rings (SSSR count). The fourth-order valence-corrected chi connectivity index (χ4v) is 1.81. The van der Waals surface area contributed by atoms with E-state index in [0.717, 1.165) is 0 Å². The summed E-state index contributed by atoms with van der Waals surface area (Å²) < 4.78 is 0. The SMILES string of the molecule is O=C(Nc1cccc(C#CCCO)n1)c1cc(Cl)c(Cl)[nH]1. The van der Waals surface area contributed by atoms with E-state index in [1.165, 1.54) is 6.07 Å². The third kappa shape index (κ3) is 4.23. The standard InChI is InChI=1S/C14H11Cl2N3O2/c15-10-8-11(18-13(10)16)14(21)19-12-6-3-5-9(17-12)4-1-2-7-20/h3,5-6,8,18,20H,2,7H2,(H,17,19,21). The number of nitrogens with zero attached hydrogens (tertiary/aromatic N) is 1. The van der Waals surface area contributed by atoms with Crippen LogP contribution in [0.4, 0.5) is 5.82 Å².